The molecule has 2 amide bonds. The lowest BCUT2D eigenvalue weighted by molar-refractivity contribution is 0.0994. The molecule has 0 saturated carbocycles. The van der Waals surface area contributed by atoms with E-state index in [0.717, 1.165) is 0 Å². The molecule has 1 aliphatic heterocycles. The summed E-state index contributed by atoms with van der Waals surface area (Å²) >= 11 is 0. The van der Waals surface area contributed by atoms with E-state index in [4.69, 9.17) is 10.5 Å². The van der Waals surface area contributed by atoms with E-state index >= 15 is 0 Å². The average Bonchev–Trinajstić information content (AvgIpc) is 3.26. The highest BCUT2D eigenvalue weighted by Crippen LogP contribution is 2.39. The van der Waals surface area contributed by atoms with Gasteiger partial charge < -0.3 is 19.9 Å². The molecule has 0 spiro atoms. The zero-order valence-electron chi connectivity index (χ0n) is 20.2. The summed E-state index contributed by atoms with van der Waals surface area (Å²) in [7, 11) is 1.57. The number of amides is 2. The molecule has 4 rings (SSSR count). The highest BCUT2D eigenvalue weighted by atomic mass is 19.1. The first kappa shape index (κ1) is 24.6. The van der Waals surface area contributed by atoms with E-state index in [1.165, 1.54) is 17.7 Å². The normalized spacial score (nSPS) is 17.6. The van der Waals surface area contributed by atoms with Crippen molar-refractivity contribution in [3.8, 4) is 0 Å². The second-order valence-electron chi connectivity index (χ2n) is 9.13. The predicted octanol–water partition coefficient (Wildman–Crippen LogP) is 2.49. The van der Waals surface area contributed by atoms with Crippen molar-refractivity contribution in [2.24, 2.45) is 11.1 Å². The fourth-order valence-electron chi connectivity index (χ4n) is 4.51. The Labute approximate surface area is 201 Å². The van der Waals surface area contributed by atoms with E-state index in [1.807, 2.05) is 4.90 Å². The lowest BCUT2D eigenvalue weighted by atomic mass is 9.91. The number of aromatic nitrogens is 4. The molecule has 0 saturated heterocycles. The Bertz CT molecular complexity index is 1300. The fraction of sp³-hybridized carbons (Fsp3) is 0.478. The highest BCUT2D eigenvalue weighted by molar-refractivity contribution is 6.05. The summed E-state index contributed by atoms with van der Waals surface area (Å²) in [5, 5.41) is 6.74. The number of nitrogens with two attached hydrogens (primary N) is 1. The summed E-state index contributed by atoms with van der Waals surface area (Å²) < 4.78 is 37.3. The SMILES string of the molecule is CCn1nc(C)c(F)c1C(=O)Nc1nc2cc(C(N)=O)cc3c2n1C[C@](C)(CF)CN3CCOC. The number of hydrogen-bond donors (Lipinski definition) is 2. The van der Waals surface area contributed by atoms with Crippen molar-refractivity contribution >= 4 is 34.5 Å². The molecule has 3 heterocycles. The lowest BCUT2D eigenvalue weighted by Gasteiger charge is -2.32. The number of primary amides is 1. The van der Waals surface area contributed by atoms with E-state index in [0.29, 0.717) is 43.0 Å². The van der Waals surface area contributed by atoms with Gasteiger partial charge >= 0.3 is 0 Å². The van der Waals surface area contributed by atoms with Crippen LogP contribution >= 0.6 is 0 Å². The minimum absolute atomic E-state index is 0.107. The quantitative estimate of drug-likeness (QED) is 0.502. The topological polar surface area (TPSA) is 120 Å². The Morgan fingerprint density at radius 2 is 2.06 bits per heavy atom. The van der Waals surface area contributed by atoms with Crippen LogP contribution in [-0.4, -0.2) is 64.6 Å². The molecule has 3 aromatic rings. The van der Waals surface area contributed by atoms with Crippen molar-refractivity contribution in [2.75, 3.05) is 43.7 Å². The molecular formula is C23H29F2N7O3. The Kier molecular flexibility index (Phi) is 6.50. The molecule has 1 aliphatic rings. The van der Waals surface area contributed by atoms with Crippen LogP contribution in [0.15, 0.2) is 12.1 Å². The van der Waals surface area contributed by atoms with Gasteiger partial charge in [-0.2, -0.15) is 5.10 Å². The maximum absolute atomic E-state index is 14.7. The van der Waals surface area contributed by atoms with Gasteiger partial charge in [0.15, 0.2) is 11.5 Å². The van der Waals surface area contributed by atoms with E-state index in [1.54, 1.807) is 31.6 Å². The van der Waals surface area contributed by atoms with Gasteiger partial charge in [-0.1, -0.05) is 6.92 Å². The summed E-state index contributed by atoms with van der Waals surface area (Å²) in [5.41, 5.74) is 6.47. The molecule has 0 bridgehead atoms. The van der Waals surface area contributed by atoms with Crippen molar-refractivity contribution in [3.63, 3.8) is 0 Å². The number of rotatable bonds is 8. The molecule has 1 atom stereocenters. The number of carbonyl (C=O) groups excluding carboxylic acids is 2. The third kappa shape index (κ3) is 4.33. The Morgan fingerprint density at radius 1 is 1.31 bits per heavy atom. The molecule has 3 N–H and O–H groups in total. The number of hydrogen-bond acceptors (Lipinski definition) is 6. The van der Waals surface area contributed by atoms with Crippen LogP contribution in [0.2, 0.25) is 0 Å². The molecule has 10 nitrogen and oxygen atoms in total. The van der Waals surface area contributed by atoms with E-state index < -0.39 is 29.7 Å². The molecular weight excluding hydrogens is 460 g/mol. The van der Waals surface area contributed by atoms with Gasteiger partial charge in [-0.05, 0) is 26.0 Å². The van der Waals surface area contributed by atoms with Crippen LogP contribution in [-0.2, 0) is 17.8 Å². The third-order valence-corrected chi connectivity index (χ3v) is 6.24. The number of nitrogens with zero attached hydrogens (tertiary/aromatic N) is 5. The van der Waals surface area contributed by atoms with Crippen LogP contribution in [0.3, 0.4) is 0 Å². The number of nitrogens with one attached hydrogen (secondary N) is 1. The van der Waals surface area contributed by atoms with Gasteiger partial charge in [0.1, 0.15) is 0 Å². The number of ether oxygens (including phenoxy) is 1. The van der Waals surface area contributed by atoms with Crippen molar-refractivity contribution < 1.29 is 23.1 Å². The highest BCUT2D eigenvalue weighted by Gasteiger charge is 2.36. The summed E-state index contributed by atoms with van der Waals surface area (Å²) in [6.45, 7) is 6.01. The van der Waals surface area contributed by atoms with Crippen LogP contribution in [0.5, 0.6) is 0 Å². The fourth-order valence-corrected chi connectivity index (χ4v) is 4.51. The summed E-state index contributed by atoms with van der Waals surface area (Å²) in [6, 6.07) is 3.17. The van der Waals surface area contributed by atoms with E-state index in [-0.39, 0.29) is 29.4 Å². The van der Waals surface area contributed by atoms with Gasteiger partial charge in [-0.25, -0.2) is 9.37 Å². The van der Waals surface area contributed by atoms with Crippen molar-refractivity contribution in [1.29, 1.82) is 0 Å². The Balaban J connectivity index is 1.89. The molecule has 1 aromatic carbocycles. The molecule has 12 heteroatoms. The minimum atomic E-state index is -0.847. The first-order chi connectivity index (χ1) is 16.6. The van der Waals surface area contributed by atoms with Crippen LogP contribution in [0.25, 0.3) is 11.0 Å². The monoisotopic (exact) mass is 489 g/mol. The van der Waals surface area contributed by atoms with Gasteiger partial charge in [0.2, 0.25) is 11.9 Å². The first-order valence-electron chi connectivity index (χ1n) is 11.3. The number of benzene rings is 1. The molecule has 0 radical (unpaired) electrons. The Hall–Kier alpha value is -3.54. The average molecular weight is 490 g/mol. The van der Waals surface area contributed by atoms with Crippen LogP contribution in [0.1, 0.15) is 40.4 Å². The van der Waals surface area contributed by atoms with Gasteiger partial charge in [0, 0.05) is 44.3 Å². The van der Waals surface area contributed by atoms with Crippen LogP contribution < -0.4 is 16.0 Å². The van der Waals surface area contributed by atoms with E-state index in [2.05, 4.69) is 15.4 Å². The smallest absolute Gasteiger partial charge is 0.279 e. The molecule has 35 heavy (non-hydrogen) atoms. The molecule has 0 unspecified atom stereocenters. The second-order valence-corrected chi connectivity index (χ2v) is 9.13. The van der Waals surface area contributed by atoms with Crippen molar-refractivity contribution in [2.45, 2.75) is 33.9 Å². The number of anilines is 2. The molecule has 188 valence electrons. The number of aryl methyl sites for hydroxylation is 2. The Morgan fingerprint density at radius 3 is 2.69 bits per heavy atom. The maximum atomic E-state index is 14.7. The predicted molar refractivity (Wildman–Crippen MR) is 127 cm³/mol. The summed E-state index contributed by atoms with van der Waals surface area (Å²) in [5.74, 6) is -1.97. The first-order valence-corrected chi connectivity index (χ1v) is 11.3. The number of imidazole rings is 1. The molecule has 0 fully saturated rings. The third-order valence-electron chi connectivity index (χ3n) is 6.24. The number of carbonyl (C=O) groups is 2. The van der Waals surface area contributed by atoms with E-state index in [9.17, 15) is 18.4 Å². The largest absolute Gasteiger partial charge is 0.383 e. The number of methoxy groups -OCH3 is 1. The van der Waals surface area contributed by atoms with Gasteiger partial charge in [-0.3, -0.25) is 24.0 Å². The van der Waals surface area contributed by atoms with Gasteiger partial charge in [-0.15, -0.1) is 0 Å². The summed E-state index contributed by atoms with van der Waals surface area (Å²) in [4.78, 5) is 31.6. The van der Waals surface area contributed by atoms with Crippen LogP contribution in [0.4, 0.5) is 20.4 Å². The number of halogens is 2. The second kappa shape index (κ2) is 9.25. The molecule has 0 aliphatic carbocycles. The molecule has 2 aromatic heterocycles. The maximum Gasteiger partial charge on any atom is 0.279 e. The summed E-state index contributed by atoms with van der Waals surface area (Å²) in [6.07, 6.45) is 0. The zero-order chi connectivity index (χ0) is 25.5. The van der Waals surface area contributed by atoms with Gasteiger partial charge in [0.25, 0.3) is 5.91 Å². The van der Waals surface area contributed by atoms with Gasteiger partial charge in [0.05, 0.1) is 35.7 Å². The zero-order valence-corrected chi connectivity index (χ0v) is 20.2. The van der Waals surface area contributed by atoms with Crippen molar-refractivity contribution in [3.05, 3.63) is 34.9 Å². The minimum Gasteiger partial charge on any atom is -0.383 e. The number of alkyl halides is 1. The van der Waals surface area contributed by atoms with Crippen molar-refractivity contribution in [1.82, 2.24) is 19.3 Å². The van der Waals surface area contributed by atoms with Crippen LogP contribution in [0, 0.1) is 18.2 Å². The standard InChI is InChI=1S/C23H29F2N7O3/c1-5-32-19(17(25)13(2)29-32)21(34)28-22-27-15-8-14(20(26)33)9-16-18(15)31(22)12-23(3,10-24)11-30(16)6-7-35-4/h8-9H,5-7,10-12H2,1-4H3,(H2,26,33)(H,27,28,34)/t23-/m1/s1. The lowest BCUT2D eigenvalue weighted by Crippen LogP contribution is -2.40.